The molecular weight excluding hydrogens is 384 g/mol. The number of carbonyl (C=O) groups excluding carboxylic acids is 2. The van der Waals surface area contributed by atoms with E-state index in [1.54, 1.807) is 6.08 Å². The van der Waals surface area contributed by atoms with Crippen molar-refractivity contribution in [3.8, 4) is 0 Å². The molecule has 3 rings (SSSR count). The second-order valence-electron chi connectivity index (χ2n) is 6.62. The summed E-state index contributed by atoms with van der Waals surface area (Å²) in [6.45, 7) is 0.460. The van der Waals surface area contributed by atoms with E-state index in [0.717, 1.165) is 11.1 Å². The van der Waals surface area contributed by atoms with Crippen LogP contribution in [-0.4, -0.2) is 43.9 Å². The number of rotatable bonds is 9. The van der Waals surface area contributed by atoms with Crippen LogP contribution in [0.5, 0.6) is 0 Å². The number of methoxy groups -OCH3 is 1. The lowest BCUT2D eigenvalue weighted by molar-refractivity contribution is -0.141. The highest BCUT2D eigenvalue weighted by Crippen LogP contribution is 2.18. The van der Waals surface area contributed by atoms with Crippen molar-refractivity contribution in [3.05, 3.63) is 83.6 Å². The molecular formula is C23H24N2O5. The predicted octanol–water partition coefficient (Wildman–Crippen LogP) is 2.41. The first-order valence-electron chi connectivity index (χ1n) is 9.57. The van der Waals surface area contributed by atoms with E-state index in [4.69, 9.17) is 9.47 Å². The van der Waals surface area contributed by atoms with Gasteiger partial charge >= 0.3 is 5.97 Å². The van der Waals surface area contributed by atoms with Crippen molar-refractivity contribution < 1.29 is 23.8 Å². The fourth-order valence-electron chi connectivity index (χ4n) is 2.82. The number of nitrogens with zero attached hydrogens (tertiary/aromatic N) is 1. The Labute approximate surface area is 175 Å². The molecule has 0 saturated carbocycles. The van der Waals surface area contributed by atoms with E-state index < -0.39 is 24.0 Å². The summed E-state index contributed by atoms with van der Waals surface area (Å²) in [4.78, 5) is 28.2. The summed E-state index contributed by atoms with van der Waals surface area (Å²) in [5.41, 5.74) is 1.99. The highest BCUT2D eigenvalue weighted by Gasteiger charge is 2.30. The molecule has 1 amide bonds. The van der Waals surface area contributed by atoms with Gasteiger partial charge in [-0.05, 0) is 17.2 Å². The van der Waals surface area contributed by atoms with Crippen LogP contribution in [0.25, 0.3) is 0 Å². The lowest BCUT2D eigenvalue weighted by Crippen LogP contribution is -2.44. The van der Waals surface area contributed by atoms with Crippen molar-refractivity contribution in [2.75, 3.05) is 13.7 Å². The van der Waals surface area contributed by atoms with Gasteiger partial charge in [0.05, 0.1) is 19.9 Å². The smallest absolute Gasteiger partial charge is 0.325 e. The number of dihydropyridines is 1. The van der Waals surface area contributed by atoms with Gasteiger partial charge in [-0.15, -0.1) is 0 Å². The number of esters is 1. The number of benzene rings is 2. The zero-order chi connectivity index (χ0) is 21.2. The third-order valence-corrected chi connectivity index (χ3v) is 4.44. The van der Waals surface area contributed by atoms with Gasteiger partial charge in [0.25, 0.3) is 0 Å². The molecule has 2 aromatic carbocycles. The van der Waals surface area contributed by atoms with Crippen LogP contribution in [-0.2, 0) is 37.0 Å². The molecule has 0 aliphatic carbocycles. The average molecular weight is 408 g/mol. The largest absolute Gasteiger partial charge is 0.488 e. The van der Waals surface area contributed by atoms with Gasteiger partial charge in [0.2, 0.25) is 5.91 Å². The maximum absolute atomic E-state index is 12.5. The summed E-state index contributed by atoms with van der Waals surface area (Å²) in [6.07, 6.45) is 2.60. The Kier molecular flexibility index (Phi) is 7.74. The maximum atomic E-state index is 12.5. The highest BCUT2D eigenvalue weighted by molar-refractivity contribution is 5.90. The fourth-order valence-corrected chi connectivity index (χ4v) is 2.82. The summed E-state index contributed by atoms with van der Waals surface area (Å²) >= 11 is 0. The van der Waals surface area contributed by atoms with Crippen LogP contribution in [0.15, 0.2) is 77.5 Å². The maximum Gasteiger partial charge on any atom is 0.325 e. The number of nitrogens with one attached hydrogen (secondary N) is 1. The van der Waals surface area contributed by atoms with Crippen LogP contribution in [0.3, 0.4) is 0 Å². The number of allylic oxidation sites excluding steroid dienone is 1. The third-order valence-electron chi connectivity index (χ3n) is 4.44. The number of amides is 1. The molecule has 2 atom stereocenters. The minimum atomic E-state index is -0.831. The van der Waals surface area contributed by atoms with Gasteiger partial charge in [-0.25, -0.2) is 0 Å². The first kappa shape index (κ1) is 21.3. The summed E-state index contributed by atoms with van der Waals surface area (Å²) in [7, 11) is 1.26. The molecule has 0 saturated heterocycles. The number of hydrogen-bond acceptors (Lipinski definition) is 6. The zero-order valence-corrected chi connectivity index (χ0v) is 16.7. The predicted molar refractivity (Wildman–Crippen MR) is 112 cm³/mol. The van der Waals surface area contributed by atoms with E-state index in [9.17, 15) is 9.59 Å². The van der Waals surface area contributed by atoms with Gasteiger partial charge in [-0.1, -0.05) is 60.7 Å². The Morgan fingerprint density at radius 1 is 0.967 bits per heavy atom. The second-order valence-corrected chi connectivity index (χ2v) is 6.62. The van der Waals surface area contributed by atoms with Gasteiger partial charge in [-0.2, -0.15) is 0 Å². The lowest BCUT2D eigenvalue weighted by atomic mass is 10.1. The minimum absolute atomic E-state index is 0.228. The van der Waals surface area contributed by atoms with Crippen LogP contribution in [0.2, 0.25) is 0 Å². The molecule has 0 fully saturated rings. The monoisotopic (exact) mass is 408 g/mol. The molecule has 7 heteroatoms. The van der Waals surface area contributed by atoms with Gasteiger partial charge < -0.3 is 19.5 Å². The molecule has 2 unspecified atom stereocenters. The average Bonchev–Trinajstić information content (AvgIpc) is 2.81. The summed E-state index contributed by atoms with van der Waals surface area (Å²) in [6, 6.07) is 18.6. The van der Waals surface area contributed by atoms with Crippen LogP contribution in [0, 0.1) is 0 Å². The molecule has 1 N–H and O–H groups in total. The standard InChI is InChI=1S/C23H24N2O5/c1-28-21(26)14-25-23(27)22-20(30-16-18-10-6-3-7-11-18)12-19(13-24-22)29-15-17-8-4-2-5-9-17/h2-13,20,22H,14-16H2,1H3,(H,25,27). The Balaban J connectivity index is 1.67. The summed E-state index contributed by atoms with van der Waals surface area (Å²) in [5, 5.41) is 2.53. The molecule has 0 radical (unpaired) electrons. The third kappa shape index (κ3) is 6.28. The SMILES string of the molecule is COC(=O)CNC(=O)C1N=CC(OCc2ccccc2)=CC1OCc1ccccc1. The molecule has 0 aromatic heterocycles. The van der Waals surface area contributed by atoms with Crippen molar-refractivity contribution >= 4 is 18.1 Å². The number of hydrogen-bond donors (Lipinski definition) is 1. The molecule has 2 aromatic rings. The quantitative estimate of drug-likeness (QED) is 0.644. The van der Waals surface area contributed by atoms with E-state index in [-0.39, 0.29) is 6.54 Å². The molecule has 0 spiro atoms. The van der Waals surface area contributed by atoms with Crippen molar-refractivity contribution in [2.45, 2.75) is 25.4 Å². The normalized spacial score (nSPS) is 17.7. The highest BCUT2D eigenvalue weighted by atomic mass is 16.5. The second kappa shape index (κ2) is 10.9. The van der Waals surface area contributed by atoms with Crippen molar-refractivity contribution in [3.63, 3.8) is 0 Å². The fraction of sp³-hybridized carbons (Fsp3) is 0.261. The molecule has 1 aliphatic rings. The van der Waals surface area contributed by atoms with E-state index in [1.807, 2.05) is 60.7 Å². The van der Waals surface area contributed by atoms with Gasteiger partial charge in [-0.3, -0.25) is 14.6 Å². The number of aliphatic imine (C=N–C) groups is 1. The topological polar surface area (TPSA) is 86.2 Å². The van der Waals surface area contributed by atoms with Gasteiger partial charge in [0.15, 0.2) is 6.04 Å². The van der Waals surface area contributed by atoms with Crippen LogP contribution < -0.4 is 5.32 Å². The Hall–Kier alpha value is -3.45. The first-order valence-corrected chi connectivity index (χ1v) is 9.57. The van der Waals surface area contributed by atoms with Crippen LogP contribution >= 0.6 is 0 Å². The molecule has 156 valence electrons. The number of ether oxygens (including phenoxy) is 3. The summed E-state index contributed by atoms with van der Waals surface area (Å²) in [5.74, 6) is -0.436. The molecule has 30 heavy (non-hydrogen) atoms. The molecule has 7 nitrogen and oxygen atoms in total. The Bertz CT molecular complexity index is 896. The lowest BCUT2D eigenvalue weighted by Gasteiger charge is -2.25. The van der Waals surface area contributed by atoms with Crippen molar-refractivity contribution in [1.82, 2.24) is 5.32 Å². The van der Waals surface area contributed by atoms with Crippen LogP contribution in [0.4, 0.5) is 0 Å². The van der Waals surface area contributed by atoms with Gasteiger partial charge in [0.1, 0.15) is 25.0 Å². The van der Waals surface area contributed by atoms with Crippen molar-refractivity contribution in [1.29, 1.82) is 0 Å². The molecule has 1 aliphatic heterocycles. The molecule has 1 heterocycles. The Morgan fingerprint density at radius 3 is 2.23 bits per heavy atom. The van der Waals surface area contributed by atoms with E-state index >= 15 is 0 Å². The number of carbonyl (C=O) groups is 2. The van der Waals surface area contributed by atoms with E-state index in [2.05, 4.69) is 15.0 Å². The van der Waals surface area contributed by atoms with Crippen molar-refractivity contribution in [2.24, 2.45) is 4.99 Å². The van der Waals surface area contributed by atoms with E-state index in [1.165, 1.54) is 13.3 Å². The molecule has 0 bridgehead atoms. The Morgan fingerprint density at radius 2 is 1.60 bits per heavy atom. The van der Waals surface area contributed by atoms with Crippen LogP contribution in [0.1, 0.15) is 11.1 Å². The zero-order valence-electron chi connectivity index (χ0n) is 16.7. The minimum Gasteiger partial charge on any atom is -0.488 e. The summed E-state index contributed by atoms with van der Waals surface area (Å²) < 4.78 is 16.3. The first-order chi connectivity index (χ1) is 14.7. The van der Waals surface area contributed by atoms with Gasteiger partial charge in [0, 0.05) is 0 Å². The van der Waals surface area contributed by atoms with E-state index in [0.29, 0.717) is 19.0 Å².